The number of nitrogens with zero attached hydrogens (tertiary/aromatic N) is 2. The largest absolute Gasteiger partial charge is 0.388 e. The van der Waals surface area contributed by atoms with E-state index in [4.69, 9.17) is 0 Å². The highest BCUT2D eigenvalue weighted by Gasteiger charge is 1.94. The van der Waals surface area contributed by atoms with Crippen molar-refractivity contribution in [1.82, 2.24) is 9.97 Å². The highest BCUT2D eigenvalue weighted by Crippen LogP contribution is 2.13. The Labute approximate surface area is 82.6 Å². The van der Waals surface area contributed by atoms with Crippen molar-refractivity contribution in [3.8, 4) is 0 Å². The molecular weight excluding hydrogens is 186 g/mol. The van der Waals surface area contributed by atoms with Gasteiger partial charge in [-0.2, -0.15) is 0 Å². The summed E-state index contributed by atoms with van der Waals surface area (Å²) in [5.74, 6) is 0. The lowest BCUT2D eigenvalue weighted by molar-refractivity contribution is 1.29. The topological polar surface area (TPSA) is 37.8 Å². The number of anilines is 1. The SMILES string of the molecule is CNc1ccc2nccnc2c1.Cl. The molecule has 1 heterocycles. The van der Waals surface area contributed by atoms with Gasteiger partial charge in [0.25, 0.3) is 0 Å². The maximum absolute atomic E-state index is 4.19. The molecule has 0 fully saturated rings. The summed E-state index contributed by atoms with van der Waals surface area (Å²) < 4.78 is 0. The van der Waals surface area contributed by atoms with E-state index in [9.17, 15) is 0 Å². The first-order chi connectivity index (χ1) is 5.90. The van der Waals surface area contributed by atoms with E-state index in [0.29, 0.717) is 0 Å². The Balaban J connectivity index is 0.000000845. The van der Waals surface area contributed by atoms with Crippen LogP contribution in [-0.2, 0) is 0 Å². The van der Waals surface area contributed by atoms with Crippen LogP contribution in [0.1, 0.15) is 0 Å². The van der Waals surface area contributed by atoms with Crippen molar-refractivity contribution in [2.75, 3.05) is 12.4 Å². The number of aromatic nitrogens is 2. The molecule has 2 rings (SSSR count). The van der Waals surface area contributed by atoms with Crippen LogP contribution >= 0.6 is 12.4 Å². The highest BCUT2D eigenvalue weighted by molar-refractivity contribution is 5.85. The maximum Gasteiger partial charge on any atom is 0.0907 e. The maximum atomic E-state index is 4.19. The molecule has 2 aromatic rings. The molecule has 0 aliphatic rings. The van der Waals surface area contributed by atoms with Gasteiger partial charge in [-0.05, 0) is 18.2 Å². The molecule has 1 aromatic carbocycles. The number of benzene rings is 1. The number of fused-ring (bicyclic) bond motifs is 1. The monoisotopic (exact) mass is 195 g/mol. The molecule has 1 aromatic heterocycles. The molecule has 0 bridgehead atoms. The van der Waals surface area contributed by atoms with Gasteiger partial charge in [-0.1, -0.05) is 0 Å². The molecule has 0 atom stereocenters. The van der Waals surface area contributed by atoms with Crippen LogP contribution in [0, 0.1) is 0 Å². The third-order valence-electron chi connectivity index (χ3n) is 1.76. The van der Waals surface area contributed by atoms with E-state index in [1.165, 1.54) is 0 Å². The fourth-order valence-corrected chi connectivity index (χ4v) is 1.12. The van der Waals surface area contributed by atoms with E-state index in [1.54, 1.807) is 12.4 Å². The first kappa shape index (κ1) is 9.74. The van der Waals surface area contributed by atoms with E-state index in [1.807, 2.05) is 25.2 Å². The molecule has 0 aliphatic carbocycles. The predicted octanol–water partition coefficient (Wildman–Crippen LogP) is 2.09. The van der Waals surface area contributed by atoms with Gasteiger partial charge < -0.3 is 5.32 Å². The molecule has 13 heavy (non-hydrogen) atoms. The molecule has 0 saturated carbocycles. The number of nitrogens with one attached hydrogen (secondary N) is 1. The molecule has 0 spiro atoms. The molecule has 0 amide bonds. The standard InChI is InChI=1S/C9H9N3.ClH/c1-10-7-2-3-8-9(6-7)12-5-4-11-8;/h2-6,10H,1H3;1H. The zero-order valence-corrected chi connectivity index (χ0v) is 8.01. The summed E-state index contributed by atoms with van der Waals surface area (Å²) >= 11 is 0. The van der Waals surface area contributed by atoms with Gasteiger partial charge in [-0.3, -0.25) is 9.97 Å². The Kier molecular flexibility index (Phi) is 3.03. The van der Waals surface area contributed by atoms with E-state index >= 15 is 0 Å². The van der Waals surface area contributed by atoms with E-state index in [2.05, 4.69) is 15.3 Å². The zero-order chi connectivity index (χ0) is 8.39. The van der Waals surface area contributed by atoms with E-state index in [-0.39, 0.29) is 12.4 Å². The Hall–Kier alpha value is -1.35. The second kappa shape index (κ2) is 4.05. The molecule has 1 N–H and O–H groups in total. The quantitative estimate of drug-likeness (QED) is 0.757. The zero-order valence-electron chi connectivity index (χ0n) is 7.19. The fraction of sp³-hybridized carbons (Fsp3) is 0.111. The third kappa shape index (κ3) is 1.87. The highest BCUT2D eigenvalue weighted by atomic mass is 35.5. The molecule has 68 valence electrons. The summed E-state index contributed by atoms with van der Waals surface area (Å²) in [6.45, 7) is 0. The van der Waals surface area contributed by atoms with Crippen molar-refractivity contribution in [1.29, 1.82) is 0 Å². The van der Waals surface area contributed by atoms with Gasteiger partial charge in [0.2, 0.25) is 0 Å². The van der Waals surface area contributed by atoms with Gasteiger partial charge in [0, 0.05) is 25.1 Å². The lowest BCUT2D eigenvalue weighted by Crippen LogP contribution is -1.88. The summed E-state index contributed by atoms with van der Waals surface area (Å²) in [5.41, 5.74) is 2.91. The van der Waals surface area contributed by atoms with Crippen LogP contribution in [0.5, 0.6) is 0 Å². The average molecular weight is 196 g/mol. The average Bonchev–Trinajstić information content (AvgIpc) is 2.17. The minimum Gasteiger partial charge on any atom is -0.388 e. The molecule has 0 unspecified atom stereocenters. The number of rotatable bonds is 1. The fourth-order valence-electron chi connectivity index (χ4n) is 1.12. The van der Waals surface area contributed by atoms with Gasteiger partial charge in [0.15, 0.2) is 0 Å². The van der Waals surface area contributed by atoms with Crippen LogP contribution in [-0.4, -0.2) is 17.0 Å². The molecule has 0 aliphatic heterocycles. The second-order valence-electron chi connectivity index (χ2n) is 2.51. The second-order valence-corrected chi connectivity index (χ2v) is 2.51. The summed E-state index contributed by atoms with van der Waals surface area (Å²) in [7, 11) is 1.89. The van der Waals surface area contributed by atoms with Crippen LogP contribution in [0.4, 0.5) is 5.69 Å². The lowest BCUT2D eigenvalue weighted by atomic mass is 10.2. The van der Waals surface area contributed by atoms with Crippen molar-refractivity contribution in [2.24, 2.45) is 0 Å². The summed E-state index contributed by atoms with van der Waals surface area (Å²) in [5, 5.41) is 3.05. The van der Waals surface area contributed by atoms with Crippen LogP contribution in [0.15, 0.2) is 30.6 Å². The van der Waals surface area contributed by atoms with Gasteiger partial charge in [-0.25, -0.2) is 0 Å². The summed E-state index contributed by atoms with van der Waals surface area (Å²) in [6, 6.07) is 5.91. The van der Waals surface area contributed by atoms with Crippen molar-refractivity contribution >= 4 is 29.1 Å². The molecule has 3 nitrogen and oxygen atoms in total. The van der Waals surface area contributed by atoms with Crippen LogP contribution < -0.4 is 5.32 Å². The predicted molar refractivity (Wildman–Crippen MR) is 56.3 cm³/mol. The Bertz CT molecular complexity index is 403. The minimum atomic E-state index is 0. The van der Waals surface area contributed by atoms with Crippen molar-refractivity contribution in [3.63, 3.8) is 0 Å². The lowest BCUT2D eigenvalue weighted by Gasteiger charge is -1.99. The Morgan fingerprint density at radius 3 is 2.46 bits per heavy atom. The smallest absolute Gasteiger partial charge is 0.0907 e. The van der Waals surface area contributed by atoms with Gasteiger partial charge in [-0.15, -0.1) is 12.4 Å². The number of hydrogen-bond acceptors (Lipinski definition) is 3. The van der Waals surface area contributed by atoms with E-state index < -0.39 is 0 Å². The first-order valence-electron chi connectivity index (χ1n) is 3.78. The van der Waals surface area contributed by atoms with Crippen LogP contribution in [0.3, 0.4) is 0 Å². The van der Waals surface area contributed by atoms with Gasteiger partial charge >= 0.3 is 0 Å². The molecule has 4 heteroatoms. The summed E-state index contributed by atoms with van der Waals surface area (Å²) in [6.07, 6.45) is 3.39. The van der Waals surface area contributed by atoms with Crippen LogP contribution in [0.2, 0.25) is 0 Å². The van der Waals surface area contributed by atoms with Gasteiger partial charge in [0.05, 0.1) is 11.0 Å². The third-order valence-corrected chi connectivity index (χ3v) is 1.76. The first-order valence-corrected chi connectivity index (χ1v) is 3.78. The van der Waals surface area contributed by atoms with Crippen molar-refractivity contribution in [3.05, 3.63) is 30.6 Å². The normalized spacial score (nSPS) is 9.31. The minimum absolute atomic E-state index is 0. The molecule has 0 radical (unpaired) electrons. The van der Waals surface area contributed by atoms with E-state index in [0.717, 1.165) is 16.7 Å². The molecule has 0 saturated heterocycles. The molecular formula is C9H10ClN3. The Morgan fingerprint density at radius 2 is 1.77 bits per heavy atom. The number of halogens is 1. The van der Waals surface area contributed by atoms with Crippen molar-refractivity contribution < 1.29 is 0 Å². The number of hydrogen-bond donors (Lipinski definition) is 1. The van der Waals surface area contributed by atoms with Gasteiger partial charge in [0.1, 0.15) is 0 Å². The Morgan fingerprint density at radius 1 is 1.08 bits per heavy atom. The van der Waals surface area contributed by atoms with Crippen molar-refractivity contribution in [2.45, 2.75) is 0 Å². The van der Waals surface area contributed by atoms with Crippen LogP contribution in [0.25, 0.3) is 11.0 Å². The summed E-state index contributed by atoms with van der Waals surface area (Å²) in [4.78, 5) is 8.35.